The van der Waals surface area contributed by atoms with Crippen LogP contribution in [0.25, 0.3) is 0 Å². The van der Waals surface area contributed by atoms with Crippen molar-refractivity contribution in [1.82, 2.24) is 10.6 Å². The Labute approximate surface area is 134 Å². The van der Waals surface area contributed by atoms with Crippen LogP contribution in [0.15, 0.2) is 30.3 Å². The number of benzene rings is 1. The molecule has 5 N–H and O–H groups in total. The second-order valence-electron chi connectivity index (χ2n) is 4.88. The summed E-state index contributed by atoms with van der Waals surface area (Å²) in [6.07, 6.45) is 0.524. The molecule has 0 bridgehead atoms. The van der Waals surface area contributed by atoms with Crippen LogP contribution in [0.2, 0.25) is 0 Å². The summed E-state index contributed by atoms with van der Waals surface area (Å²) in [5.41, 5.74) is 5.72. The SMILES string of the molecule is NC(=O)NCCCC[C@@H](NC(=O)OCc1ccccc1)C(=O)O. The minimum Gasteiger partial charge on any atom is -0.480 e. The van der Waals surface area contributed by atoms with E-state index in [9.17, 15) is 14.4 Å². The fourth-order valence-corrected chi connectivity index (χ4v) is 1.85. The van der Waals surface area contributed by atoms with Crippen molar-refractivity contribution in [3.05, 3.63) is 35.9 Å². The highest BCUT2D eigenvalue weighted by molar-refractivity contribution is 5.79. The van der Waals surface area contributed by atoms with Gasteiger partial charge in [0, 0.05) is 6.54 Å². The van der Waals surface area contributed by atoms with Gasteiger partial charge in [-0.15, -0.1) is 0 Å². The first-order chi connectivity index (χ1) is 11.0. The van der Waals surface area contributed by atoms with Crippen LogP contribution < -0.4 is 16.4 Å². The number of carbonyl (C=O) groups is 3. The summed E-state index contributed by atoms with van der Waals surface area (Å²) in [7, 11) is 0. The van der Waals surface area contributed by atoms with Gasteiger partial charge in [0.05, 0.1) is 0 Å². The number of ether oxygens (including phenoxy) is 1. The van der Waals surface area contributed by atoms with Gasteiger partial charge >= 0.3 is 18.1 Å². The van der Waals surface area contributed by atoms with E-state index in [1.807, 2.05) is 18.2 Å². The lowest BCUT2D eigenvalue weighted by molar-refractivity contribution is -0.139. The summed E-state index contributed by atoms with van der Waals surface area (Å²) in [4.78, 5) is 33.2. The Morgan fingerprint density at radius 2 is 1.87 bits per heavy atom. The van der Waals surface area contributed by atoms with Crippen LogP contribution in [0.1, 0.15) is 24.8 Å². The maximum absolute atomic E-state index is 11.6. The standard InChI is InChI=1S/C15H21N3O5/c16-14(21)17-9-5-4-8-12(13(19)20)18-15(22)23-10-11-6-2-1-3-7-11/h1-3,6-7,12H,4-5,8-10H2,(H,18,22)(H,19,20)(H3,16,17,21)/t12-/m1/s1. The molecule has 8 heteroatoms. The van der Waals surface area contributed by atoms with Crippen LogP contribution in [-0.4, -0.2) is 35.8 Å². The number of carbonyl (C=O) groups excluding carboxylic acids is 2. The van der Waals surface area contributed by atoms with Gasteiger partial charge in [-0.05, 0) is 24.8 Å². The Morgan fingerprint density at radius 1 is 1.17 bits per heavy atom. The topological polar surface area (TPSA) is 131 Å². The minimum atomic E-state index is -1.13. The highest BCUT2D eigenvalue weighted by Crippen LogP contribution is 2.04. The first-order valence-corrected chi connectivity index (χ1v) is 7.22. The van der Waals surface area contributed by atoms with Crippen molar-refractivity contribution in [1.29, 1.82) is 0 Å². The van der Waals surface area contributed by atoms with Crippen LogP contribution in [0.4, 0.5) is 9.59 Å². The zero-order valence-corrected chi connectivity index (χ0v) is 12.7. The van der Waals surface area contributed by atoms with Gasteiger partial charge in [0.2, 0.25) is 0 Å². The fraction of sp³-hybridized carbons (Fsp3) is 0.400. The molecule has 126 valence electrons. The molecule has 1 rings (SSSR count). The van der Waals surface area contributed by atoms with Gasteiger partial charge in [0.15, 0.2) is 0 Å². The molecular weight excluding hydrogens is 302 g/mol. The van der Waals surface area contributed by atoms with Crippen molar-refractivity contribution in [3.8, 4) is 0 Å². The number of carboxylic acid groups (broad SMARTS) is 1. The van der Waals surface area contributed by atoms with Gasteiger partial charge in [-0.2, -0.15) is 0 Å². The van der Waals surface area contributed by atoms with E-state index in [0.717, 1.165) is 5.56 Å². The normalized spacial score (nSPS) is 11.3. The van der Waals surface area contributed by atoms with Crippen LogP contribution >= 0.6 is 0 Å². The molecule has 0 heterocycles. The summed E-state index contributed by atoms with van der Waals surface area (Å²) in [6.45, 7) is 0.432. The Kier molecular flexibility index (Phi) is 7.98. The molecule has 0 radical (unpaired) electrons. The zero-order chi connectivity index (χ0) is 17.1. The van der Waals surface area contributed by atoms with E-state index < -0.39 is 24.1 Å². The van der Waals surface area contributed by atoms with Crippen molar-refractivity contribution in [2.75, 3.05) is 6.54 Å². The van der Waals surface area contributed by atoms with Crippen molar-refractivity contribution in [3.63, 3.8) is 0 Å². The summed E-state index contributed by atoms with van der Waals surface area (Å²) in [5, 5.41) is 13.8. The molecule has 3 amide bonds. The second kappa shape index (κ2) is 10.0. The lowest BCUT2D eigenvalue weighted by Crippen LogP contribution is -2.41. The molecule has 0 saturated carbocycles. The monoisotopic (exact) mass is 323 g/mol. The van der Waals surface area contributed by atoms with Crippen molar-refractivity contribution in [2.45, 2.75) is 31.9 Å². The molecule has 1 aromatic rings. The number of alkyl carbamates (subject to hydrolysis) is 1. The Bertz CT molecular complexity index is 521. The fourth-order valence-electron chi connectivity index (χ4n) is 1.85. The van der Waals surface area contributed by atoms with Gasteiger partial charge < -0.3 is 26.2 Å². The van der Waals surface area contributed by atoms with Gasteiger partial charge in [0.1, 0.15) is 12.6 Å². The van der Waals surface area contributed by atoms with E-state index in [1.54, 1.807) is 12.1 Å². The van der Waals surface area contributed by atoms with Gasteiger partial charge in [-0.25, -0.2) is 14.4 Å². The number of aliphatic carboxylic acids is 1. The van der Waals surface area contributed by atoms with E-state index >= 15 is 0 Å². The van der Waals surface area contributed by atoms with E-state index in [1.165, 1.54) is 0 Å². The molecule has 0 aliphatic rings. The Hall–Kier alpha value is -2.77. The molecule has 1 atom stereocenters. The van der Waals surface area contributed by atoms with E-state index in [4.69, 9.17) is 15.6 Å². The summed E-state index contributed by atoms with van der Waals surface area (Å²) >= 11 is 0. The van der Waals surface area contributed by atoms with E-state index in [-0.39, 0.29) is 13.0 Å². The third-order valence-electron chi connectivity index (χ3n) is 3.02. The van der Waals surface area contributed by atoms with Crippen molar-refractivity contribution >= 4 is 18.1 Å². The number of primary amides is 1. The minimum absolute atomic E-state index is 0.0710. The third-order valence-corrected chi connectivity index (χ3v) is 3.02. The molecule has 0 unspecified atom stereocenters. The second-order valence-corrected chi connectivity index (χ2v) is 4.88. The molecule has 8 nitrogen and oxygen atoms in total. The lowest BCUT2D eigenvalue weighted by Gasteiger charge is -2.14. The maximum atomic E-state index is 11.6. The lowest BCUT2D eigenvalue weighted by atomic mass is 10.1. The summed E-state index contributed by atoms with van der Waals surface area (Å²) < 4.78 is 4.98. The van der Waals surface area contributed by atoms with Crippen LogP contribution in [0, 0.1) is 0 Å². The number of rotatable bonds is 9. The van der Waals surface area contributed by atoms with Crippen molar-refractivity contribution in [2.24, 2.45) is 5.73 Å². The molecular formula is C15H21N3O5. The Morgan fingerprint density at radius 3 is 2.48 bits per heavy atom. The van der Waals surface area contributed by atoms with Crippen LogP contribution in [-0.2, 0) is 16.1 Å². The third kappa shape index (κ3) is 8.30. The number of urea groups is 1. The first kappa shape index (κ1) is 18.3. The summed E-state index contributed by atoms with van der Waals surface area (Å²) in [6, 6.07) is 7.42. The van der Waals surface area contributed by atoms with E-state index in [2.05, 4.69) is 10.6 Å². The van der Waals surface area contributed by atoms with Gasteiger partial charge in [-0.3, -0.25) is 0 Å². The predicted octanol–water partition coefficient (Wildman–Crippen LogP) is 1.20. The zero-order valence-electron chi connectivity index (χ0n) is 12.7. The number of hydrogen-bond acceptors (Lipinski definition) is 4. The number of amides is 3. The van der Waals surface area contributed by atoms with E-state index in [0.29, 0.717) is 19.4 Å². The predicted molar refractivity (Wildman–Crippen MR) is 82.6 cm³/mol. The molecule has 0 aliphatic carbocycles. The molecule has 0 fully saturated rings. The van der Waals surface area contributed by atoms with Crippen LogP contribution in [0.3, 0.4) is 0 Å². The quantitative estimate of drug-likeness (QED) is 0.507. The molecule has 1 aromatic carbocycles. The Balaban J connectivity index is 2.29. The molecule has 0 aliphatic heterocycles. The first-order valence-electron chi connectivity index (χ1n) is 7.22. The number of carboxylic acids is 1. The summed E-state index contributed by atoms with van der Waals surface area (Å²) in [5.74, 6) is -1.13. The number of nitrogens with one attached hydrogen (secondary N) is 2. The highest BCUT2D eigenvalue weighted by atomic mass is 16.5. The number of unbranched alkanes of at least 4 members (excludes halogenated alkanes) is 1. The average Bonchev–Trinajstić information content (AvgIpc) is 2.52. The molecule has 0 saturated heterocycles. The average molecular weight is 323 g/mol. The largest absolute Gasteiger partial charge is 0.480 e. The maximum Gasteiger partial charge on any atom is 0.408 e. The van der Waals surface area contributed by atoms with Gasteiger partial charge in [-0.1, -0.05) is 30.3 Å². The molecule has 0 spiro atoms. The van der Waals surface area contributed by atoms with Crippen LogP contribution in [0.5, 0.6) is 0 Å². The number of nitrogens with two attached hydrogens (primary N) is 1. The highest BCUT2D eigenvalue weighted by Gasteiger charge is 2.20. The van der Waals surface area contributed by atoms with Crippen molar-refractivity contribution < 1.29 is 24.2 Å². The smallest absolute Gasteiger partial charge is 0.408 e. The number of hydrogen-bond donors (Lipinski definition) is 4. The molecule has 23 heavy (non-hydrogen) atoms. The van der Waals surface area contributed by atoms with Gasteiger partial charge in [0.25, 0.3) is 0 Å². The molecule has 0 aromatic heterocycles.